The molecule has 0 N–H and O–H groups in total. The lowest BCUT2D eigenvalue weighted by molar-refractivity contribution is -0.129. The number of hydrogen-bond donors (Lipinski definition) is 0. The van der Waals surface area contributed by atoms with Crippen LogP contribution in [-0.2, 0) is 29.5 Å². The highest BCUT2D eigenvalue weighted by atomic mass is 35.5. The second kappa shape index (κ2) is 13.4. The average Bonchev–Trinajstić information content (AvgIpc) is 3.44. The molecule has 2 aliphatic heterocycles. The zero-order valence-corrected chi connectivity index (χ0v) is 25.3. The predicted molar refractivity (Wildman–Crippen MR) is 163 cm³/mol. The zero-order valence-electron chi connectivity index (χ0n) is 24.6. The molecule has 218 valence electrons. The molecule has 2 aromatic rings. The number of benzene rings is 2. The van der Waals surface area contributed by atoms with Gasteiger partial charge in [0.2, 0.25) is 5.91 Å². The summed E-state index contributed by atoms with van der Waals surface area (Å²) < 4.78 is 14.5. The van der Waals surface area contributed by atoms with Crippen LogP contribution < -0.4 is 0 Å². The highest BCUT2D eigenvalue weighted by molar-refractivity contribution is 6.31. The van der Waals surface area contributed by atoms with E-state index in [0.717, 1.165) is 51.4 Å². The smallest absolute Gasteiger partial charge is 0.227 e. The van der Waals surface area contributed by atoms with Crippen LogP contribution in [0.1, 0.15) is 81.0 Å². The lowest BCUT2D eigenvalue weighted by Gasteiger charge is -2.42. The van der Waals surface area contributed by atoms with Gasteiger partial charge < -0.3 is 9.80 Å². The van der Waals surface area contributed by atoms with Gasteiger partial charge in [-0.1, -0.05) is 69.0 Å². The van der Waals surface area contributed by atoms with Crippen molar-refractivity contribution in [2.75, 3.05) is 45.8 Å². The minimum atomic E-state index is -0.401. The van der Waals surface area contributed by atoms with Gasteiger partial charge in [-0.3, -0.25) is 9.69 Å². The van der Waals surface area contributed by atoms with E-state index in [9.17, 15) is 9.18 Å². The molecule has 5 rings (SSSR count). The summed E-state index contributed by atoms with van der Waals surface area (Å²) >= 11 is 6.27. The Morgan fingerprint density at radius 2 is 1.73 bits per heavy atom. The number of amides is 1. The van der Waals surface area contributed by atoms with Gasteiger partial charge in [0.1, 0.15) is 5.82 Å². The lowest BCUT2D eigenvalue weighted by atomic mass is 9.75. The highest BCUT2D eigenvalue weighted by Gasteiger charge is 2.42. The largest absolute Gasteiger partial charge is 0.341 e. The first kappa shape index (κ1) is 29.5. The lowest BCUT2D eigenvalue weighted by Crippen LogP contribution is -2.51. The topological polar surface area (TPSA) is 26.8 Å². The molecule has 40 heavy (non-hydrogen) atoms. The van der Waals surface area contributed by atoms with Gasteiger partial charge in [0, 0.05) is 61.3 Å². The van der Waals surface area contributed by atoms with Crippen molar-refractivity contribution in [2.24, 2.45) is 0 Å². The standard InChI is InChI=1S/C34H47ClFN3O/c1-3-26-13-14-28(23-27(26)4-2)34(15-17-37-19-21-38(22-20-37)29-9-6-5-7-10-29)16-18-39(25-34)33(40)24-30-31(35)11-8-12-32(30)36/h8,11-14,23,29H,3-7,9-10,15-22,24-25H2,1-2H3/t34-/m1/s1. The number of nitrogens with zero attached hydrogens (tertiary/aromatic N) is 3. The third-order valence-electron chi connectivity index (χ3n) is 10.1. The van der Waals surface area contributed by atoms with Crippen molar-refractivity contribution >= 4 is 17.5 Å². The van der Waals surface area contributed by atoms with Gasteiger partial charge in [-0.25, -0.2) is 4.39 Å². The first-order chi connectivity index (χ1) is 19.4. The van der Waals surface area contributed by atoms with E-state index < -0.39 is 5.82 Å². The van der Waals surface area contributed by atoms with Crippen molar-refractivity contribution in [3.05, 3.63) is 69.5 Å². The Morgan fingerprint density at radius 3 is 2.42 bits per heavy atom. The number of rotatable bonds is 9. The molecule has 6 heteroatoms. The van der Waals surface area contributed by atoms with Crippen molar-refractivity contribution in [2.45, 2.75) is 89.5 Å². The molecule has 3 aliphatic rings. The Morgan fingerprint density at radius 1 is 0.975 bits per heavy atom. The molecule has 0 spiro atoms. The molecular formula is C34H47ClFN3O. The van der Waals surface area contributed by atoms with Crippen LogP contribution in [0.2, 0.25) is 5.02 Å². The Labute approximate surface area is 245 Å². The van der Waals surface area contributed by atoms with E-state index >= 15 is 0 Å². The van der Waals surface area contributed by atoms with Crippen LogP contribution in [0.15, 0.2) is 36.4 Å². The van der Waals surface area contributed by atoms with Crippen LogP contribution in [0.25, 0.3) is 0 Å². The third-order valence-corrected chi connectivity index (χ3v) is 10.4. The summed E-state index contributed by atoms with van der Waals surface area (Å²) in [5.41, 5.74) is 4.43. The second-order valence-corrected chi connectivity index (χ2v) is 12.7. The third kappa shape index (κ3) is 6.58. The first-order valence-electron chi connectivity index (χ1n) is 15.7. The van der Waals surface area contributed by atoms with E-state index in [4.69, 9.17) is 11.6 Å². The maximum atomic E-state index is 14.5. The predicted octanol–water partition coefficient (Wildman–Crippen LogP) is 6.66. The summed E-state index contributed by atoms with van der Waals surface area (Å²) in [5, 5.41) is 0.328. The molecular weight excluding hydrogens is 521 g/mol. The van der Waals surface area contributed by atoms with Crippen LogP contribution in [0.5, 0.6) is 0 Å². The number of piperazine rings is 1. The molecule has 1 amide bonds. The van der Waals surface area contributed by atoms with E-state index in [1.54, 1.807) is 12.1 Å². The minimum Gasteiger partial charge on any atom is -0.341 e. The van der Waals surface area contributed by atoms with Gasteiger partial charge in [0.15, 0.2) is 0 Å². The number of hydrogen-bond acceptors (Lipinski definition) is 3. The first-order valence-corrected chi connectivity index (χ1v) is 16.1. The monoisotopic (exact) mass is 567 g/mol. The van der Waals surface area contributed by atoms with Gasteiger partial charge in [-0.2, -0.15) is 0 Å². The van der Waals surface area contributed by atoms with Gasteiger partial charge in [0.25, 0.3) is 0 Å². The van der Waals surface area contributed by atoms with Crippen LogP contribution in [0.3, 0.4) is 0 Å². The normalized spacial score (nSPS) is 23.1. The molecule has 2 aromatic carbocycles. The maximum Gasteiger partial charge on any atom is 0.227 e. The quantitative estimate of drug-likeness (QED) is 0.339. The molecule has 0 aromatic heterocycles. The van der Waals surface area contributed by atoms with Crippen molar-refractivity contribution in [3.8, 4) is 0 Å². The summed E-state index contributed by atoms with van der Waals surface area (Å²) in [7, 11) is 0. The van der Waals surface area contributed by atoms with Gasteiger partial charge in [0.05, 0.1) is 6.42 Å². The average molecular weight is 568 g/mol. The van der Waals surface area contributed by atoms with Gasteiger partial charge >= 0.3 is 0 Å². The molecule has 1 atom stereocenters. The number of aryl methyl sites for hydroxylation is 2. The van der Waals surface area contributed by atoms with Crippen LogP contribution in [0, 0.1) is 5.82 Å². The van der Waals surface area contributed by atoms with Crippen LogP contribution in [0.4, 0.5) is 4.39 Å². The summed E-state index contributed by atoms with van der Waals surface area (Å²) in [6.07, 6.45) is 11.0. The molecule has 2 heterocycles. The van der Waals surface area contributed by atoms with E-state index in [2.05, 4.69) is 41.8 Å². The van der Waals surface area contributed by atoms with E-state index in [1.165, 1.54) is 68.0 Å². The maximum absolute atomic E-state index is 14.5. The molecule has 2 saturated heterocycles. The molecule has 0 unspecified atom stereocenters. The molecule has 1 saturated carbocycles. The van der Waals surface area contributed by atoms with Crippen molar-refractivity contribution in [3.63, 3.8) is 0 Å². The highest BCUT2D eigenvalue weighted by Crippen LogP contribution is 2.40. The number of halogens is 2. The Bertz CT molecular complexity index is 1140. The fourth-order valence-corrected chi connectivity index (χ4v) is 7.66. The van der Waals surface area contributed by atoms with E-state index in [-0.39, 0.29) is 17.7 Å². The number of carbonyl (C=O) groups excluding carboxylic acids is 1. The Balaban J connectivity index is 1.29. The summed E-state index contributed by atoms with van der Waals surface area (Å²) in [5.74, 6) is -0.433. The summed E-state index contributed by atoms with van der Waals surface area (Å²) in [6, 6.07) is 12.5. The van der Waals surface area contributed by atoms with E-state index in [1.807, 2.05) is 4.90 Å². The SMILES string of the molecule is CCc1ccc([C@]2(CCN3CCN(C4CCCCC4)CC3)CCN(C(=O)Cc3c(F)cccc3Cl)C2)cc1CC. The van der Waals surface area contributed by atoms with Gasteiger partial charge in [-0.15, -0.1) is 0 Å². The number of likely N-dealkylation sites (tertiary alicyclic amines) is 1. The molecule has 4 nitrogen and oxygen atoms in total. The van der Waals surface area contributed by atoms with Crippen molar-refractivity contribution in [1.29, 1.82) is 0 Å². The number of carbonyl (C=O) groups is 1. The van der Waals surface area contributed by atoms with E-state index in [0.29, 0.717) is 23.7 Å². The van der Waals surface area contributed by atoms with Crippen molar-refractivity contribution in [1.82, 2.24) is 14.7 Å². The summed E-state index contributed by atoms with van der Waals surface area (Å²) in [4.78, 5) is 20.8. The van der Waals surface area contributed by atoms with Crippen LogP contribution in [-0.4, -0.2) is 72.5 Å². The molecule has 0 radical (unpaired) electrons. The Hall–Kier alpha value is -1.95. The molecule has 0 bridgehead atoms. The van der Waals surface area contributed by atoms with Crippen molar-refractivity contribution < 1.29 is 9.18 Å². The molecule has 1 aliphatic carbocycles. The van der Waals surface area contributed by atoms with Crippen LogP contribution >= 0.6 is 11.6 Å². The minimum absolute atomic E-state index is 0.0136. The second-order valence-electron chi connectivity index (χ2n) is 12.3. The fraction of sp³-hybridized carbons (Fsp3) is 0.618. The zero-order chi connectivity index (χ0) is 28.1. The summed E-state index contributed by atoms with van der Waals surface area (Å²) in [6.45, 7) is 11.5. The van der Waals surface area contributed by atoms with Gasteiger partial charge in [-0.05, 0) is 73.9 Å². The molecule has 3 fully saturated rings. The fourth-order valence-electron chi connectivity index (χ4n) is 7.43. The Kier molecular flexibility index (Phi) is 9.86.